The highest BCUT2D eigenvalue weighted by Gasteiger charge is 2.32. The molecule has 3 aromatic rings. The van der Waals surface area contributed by atoms with Gasteiger partial charge in [-0.2, -0.15) is 0 Å². The summed E-state index contributed by atoms with van der Waals surface area (Å²) in [6, 6.07) is 19.0. The first kappa shape index (κ1) is 30.5. The highest BCUT2D eigenvalue weighted by molar-refractivity contribution is 7.92. The number of anilines is 1. The fraction of sp³-hybridized carbons (Fsp3) is 0.310. The number of sulfonamides is 1. The van der Waals surface area contributed by atoms with Crippen LogP contribution in [0.5, 0.6) is 0 Å². The van der Waals surface area contributed by atoms with E-state index in [9.17, 15) is 18.0 Å². The fourth-order valence-electron chi connectivity index (χ4n) is 3.98. The topological polar surface area (TPSA) is 86.8 Å². The van der Waals surface area contributed by atoms with Gasteiger partial charge in [0.1, 0.15) is 12.6 Å². The molecule has 3 aromatic carbocycles. The van der Waals surface area contributed by atoms with Crippen LogP contribution >= 0.6 is 23.2 Å². The number of unbranched alkanes of at least 4 members (excludes halogenated alkanes) is 1. The van der Waals surface area contributed by atoms with E-state index < -0.39 is 28.5 Å². The molecule has 0 aliphatic heterocycles. The van der Waals surface area contributed by atoms with E-state index in [-0.39, 0.29) is 17.3 Å². The van der Waals surface area contributed by atoms with Gasteiger partial charge in [0.05, 0.1) is 20.6 Å². The number of halogens is 2. The molecule has 0 radical (unpaired) electrons. The van der Waals surface area contributed by atoms with E-state index in [1.165, 1.54) is 17.0 Å². The maximum absolute atomic E-state index is 13.9. The number of nitrogens with one attached hydrogen (secondary N) is 1. The molecule has 0 bridgehead atoms. The number of hydrogen-bond acceptors (Lipinski definition) is 4. The van der Waals surface area contributed by atoms with Gasteiger partial charge in [0, 0.05) is 13.1 Å². The summed E-state index contributed by atoms with van der Waals surface area (Å²) in [6.07, 6.45) is 1.71. The van der Waals surface area contributed by atoms with Gasteiger partial charge in [-0.3, -0.25) is 13.9 Å². The monoisotopic (exact) mass is 589 g/mol. The lowest BCUT2D eigenvalue weighted by Gasteiger charge is -2.32. The molecule has 0 fully saturated rings. The second-order valence-corrected chi connectivity index (χ2v) is 11.9. The molecular formula is C29H33Cl2N3O4S. The highest BCUT2D eigenvalue weighted by Crippen LogP contribution is 2.26. The Morgan fingerprint density at radius 3 is 2.31 bits per heavy atom. The van der Waals surface area contributed by atoms with Crippen LogP contribution in [0.4, 0.5) is 5.69 Å². The van der Waals surface area contributed by atoms with Crippen molar-refractivity contribution >= 4 is 50.7 Å². The highest BCUT2D eigenvalue weighted by atomic mass is 35.5. The van der Waals surface area contributed by atoms with Gasteiger partial charge in [-0.15, -0.1) is 0 Å². The average Bonchev–Trinajstić information content (AvgIpc) is 2.92. The number of carbonyl (C=O) groups excluding carboxylic acids is 2. The van der Waals surface area contributed by atoms with Crippen molar-refractivity contribution in [3.05, 3.63) is 94.0 Å². The van der Waals surface area contributed by atoms with Crippen LogP contribution < -0.4 is 9.62 Å². The van der Waals surface area contributed by atoms with Crippen LogP contribution in [-0.2, 0) is 26.2 Å². The Kier molecular flexibility index (Phi) is 10.8. The summed E-state index contributed by atoms with van der Waals surface area (Å²) in [5.74, 6) is -0.870. The van der Waals surface area contributed by atoms with Crippen LogP contribution in [0.3, 0.4) is 0 Å². The largest absolute Gasteiger partial charge is 0.354 e. The Morgan fingerprint density at radius 1 is 0.949 bits per heavy atom. The summed E-state index contributed by atoms with van der Waals surface area (Å²) in [6.45, 7) is 5.49. The average molecular weight is 591 g/mol. The Morgan fingerprint density at radius 2 is 1.67 bits per heavy atom. The van der Waals surface area contributed by atoms with Gasteiger partial charge in [0.2, 0.25) is 11.8 Å². The third-order valence-electron chi connectivity index (χ3n) is 6.23. The molecule has 1 atom stereocenters. The molecule has 0 spiro atoms. The molecule has 7 nitrogen and oxygen atoms in total. The van der Waals surface area contributed by atoms with E-state index in [0.717, 1.165) is 22.7 Å². The van der Waals surface area contributed by atoms with Gasteiger partial charge < -0.3 is 10.2 Å². The normalized spacial score (nSPS) is 12.0. The van der Waals surface area contributed by atoms with Crippen molar-refractivity contribution in [2.75, 3.05) is 17.4 Å². The molecule has 0 aromatic heterocycles. The first-order valence-corrected chi connectivity index (χ1v) is 14.9. The van der Waals surface area contributed by atoms with Crippen molar-refractivity contribution in [2.45, 2.75) is 51.1 Å². The number of hydrogen-bond donors (Lipinski definition) is 1. The van der Waals surface area contributed by atoms with Gasteiger partial charge in [0.25, 0.3) is 10.0 Å². The van der Waals surface area contributed by atoms with E-state index in [1.807, 2.05) is 19.9 Å². The molecule has 0 aliphatic rings. The Labute approximate surface area is 240 Å². The van der Waals surface area contributed by atoms with Gasteiger partial charge in [-0.25, -0.2) is 8.42 Å². The molecular weight excluding hydrogens is 557 g/mol. The minimum absolute atomic E-state index is 0.0329. The lowest BCUT2D eigenvalue weighted by molar-refractivity contribution is -0.139. The molecule has 1 N–H and O–H groups in total. The maximum Gasteiger partial charge on any atom is 0.264 e. The third-order valence-corrected chi connectivity index (χ3v) is 8.76. The van der Waals surface area contributed by atoms with E-state index >= 15 is 0 Å². The molecule has 39 heavy (non-hydrogen) atoms. The number of carbonyl (C=O) groups is 2. The first-order chi connectivity index (χ1) is 18.5. The SMILES string of the molecule is CCCCNC(=O)[C@@H](C)N(Cc1ccc(Cl)c(Cl)c1)C(=O)CN(c1cccc(C)c1)S(=O)(=O)c1ccccc1. The van der Waals surface area contributed by atoms with Crippen LogP contribution in [0.15, 0.2) is 77.7 Å². The zero-order valence-corrected chi connectivity index (χ0v) is 24.6. The summed E-state index contributed by atoms with van der Waals surface area (Å²) in [5, 5.41) is 3.54. The molecule has 3 rings (SSSR count). The standard InChI is InChI=1S/C29H33Cl2N3O4S/c1-4-5-16-32-29(36)22(3)33(19-23-14-15-26(30)27(31)18-23)28(35)20-34(24-11-9-10-21(2)17-24)39(37,38)25-12-7-6-8-13-25/h6-15,17-18,22H,4-5,16,19-20H2,1-3H3,(H,32,36)/t22-/m1/s1. The minimum atomic E-state index is -4.10. The Balaban J connectivity index is 2.00. The smallest absolute Gasteiger partial charge is 0.264 e. The predicted octanol–water partition coefficient (Wildman–Crippen LogP) is 5.83. The summed E-state index contributed by atoms with van der Waals surface area (Å²) in [7, 11) is -4.10. The van der Waals surface area contributed by atoms with E-state index in [4.69, 9.17) is 23.2 Å². The molecule has 0 saturated carbocycles. The van der Waals surface area contributed by atoms with Crippen LogP contribution in [0.25, 0.3) is 0 Å². The van der Waals surface area contributed by atoms with Crippen molar-refractivity contribution in [3.63, 3.8) is 0 Å². The molecule has 10 heteroatoms. The van der Waals surface area contributed by atoms with Crippen molar-refractivity contribution in [3.8, 4) is 0 Å². The summed E-state index contributed by atoms with van der Waals surface area (Å²) in [4.78, 5) is 28.3. The summed E-state index contributed by atoms with van der Waals surface area (Å²) < 4.78 is 28.6. The van der Waals surface area contributed by atoms with Crippen molar-refractivity contribution in [2.24, 2.45) is 0 Å². The number of aryl methyl sites for hydroxylation is 1. The zero-order valence-electron chi connectivity index (χ0n) is 22.2. The fourth-order valence-corrected chi connectivity index (χ4v) is 5.73. The predicted molar refractivity (Wildman–Crippen MR) is 157 cm³/mol. The van der Waals surface area contributed by atoms with Gasteiger partial charge >= 0.3 is 0 Å². The molecule has 0 aliphatic carbocycles. The van der Waals surface area contributed by atoms with Crippen LogP contribution in [-0.4, -0.2) is 44.3 Å². The molecule has 208 valence electrons. The summed E-state index contributed by atoms with van der Waals surface area (Å²) >= 11 is 12.3. The molecule has 0 saturated heterocycles. The van der Waals surface area contributed by atoms with E-state index in [0.29, 0.717) is 27.8 Å². The lowest BCUT2D eigenvalue weighted by Crippen LogP contribution is -2.51. The second-order valence-electron chi connectivity index (χ2n) is 9.25. The Hall–Kier alpha value is -3.07. The molecule has 2 amide bonds. The van der Waals surface area contributed by atoms with E-state index in [2.05, 4.69) is 5.32 Å². The molecule has 0 heterocycles. The number of nitrogens with zero attached hydrogens (tertiary/aromatic N) is 2. The Bertz CT molecular complexity index is 1400. The lowest BCUT2D eigenvalue weighted by atomic mass is 10.1. The van der Waals surface area contributed by atoms with Crippen molar-refractivity contribution in [1.82, 2.24) is 10.2 Å². The maximum atomic E-state index is 13.9. The van der Waals surface area contributed by atoms with Crippen molar-refractivity contribution in [1.29, 1.82) is 0 Å². The van der Waals surface area contributed by atoms with Crippen LogP contribution in [0.1, 0.15) is 37.8 Å². The third kappa shape index (κ3) is 7.97. The summed E-state index contributed by atoms with van der Waals surface area (Å²) in [5.41, 5.74) is 1.84. The second kappa shape index (κ2) is 13.8. The first-order valence-electron chi connectivity index (χ1n) is 12.7. The molecule has 0 unspecified atom stereocenters. The number of benzene rings is 3. The number of amides is 2. The van der Waals surface area contributed by atoms with Crippen LogP contribution in [0, 0.1) is 6.92 Å². The van der Waals surface area contributed by atoms with Gasteiger partial charge in [0.15, 0.2) is 0 Å². The quantitative estimate of drug-likeness (QED) is 0.269. The number of rotatable bonds is 12. The minimum Gasteiger partial charge on any atom is -0.354 e. The van der Waals surface area contributed by atoms with Gasteiger partial charge in [-0.05, 0) is 67.8 Å². The van der Waals surface area contributed by atoms with E-state index in [1.54, 1.807) is 61.5 Å². The van der Waals surface area contributed by atoms with Crippen molar-refractivity contribution < 1.29 is 18.0 Å². The van der Waals surface area contributed by atoms with Gasteiger partial charge in [-0.1, -0.05) is 72.9 Å². The van der Waals surface area contributed by atoms with Crippen LogP contribution in [0.2, 0.25) is 10.0 Å². The zero-order chi connectivity index (χ0) is 28.6.